The summed E-state index contributed by atoms with van der Waals surface area (Å²) in [6.45, 7) is 0. The first-order valence-corrected chi connectivity index (χ1v) is 6.19. The second kappa shape index (κ2) is 7.17. The molecule has 7 heteroatoms. The molecule has 1 aromatic heterocycles. The van der Waals surface area contributed by atoms with Crippen molar-refractivity contribution in [1.29, 1.82) is 10.5 Å². The van der Waals surface area contributed by atoms with Crippen molar-refractivity contribution in [3.05, 3.63) is 54.4 Å². The summed E-state index contributed by atoms with van der Waals surface area (Å²) in [4.78, 5) is 15.9. The van der Waals surface area contributed by atoms with Crippen LogP contribution in [0.25, 0.3) is 0 Å². The van der Waals surface area contributed by atoms with Gasteiger partial charge in [0.15, 0.2) is 0 Å². The van der Waals surface area contributed by atoms with Crippen LogP contribution in [0.3, 0.4) is 0 Å². The van der Waals surface area contributed by atoms with Crippen LogP contribution in [-0.2, 0) is 0 Å². The van der Waals surface area contributed by atoms with Gasteiger partial charge in [-0.2, -0.15) is 15.6 Å². The van der Waals surface area contributed by atoms with E-state index >= 15 is 0 Å². The standard InChI is InChI=1S/C15H10N6O/c16-9-13(10-17)21-20-12-5-3-4-11(8-12)19-15(22)14-6-1-2-7-18-14/h1-8,20H,(H,19,22). The lowest BCUT2D eigenvalue weighted by molar-refractivity contribution is 0.102. The minimum absolute atomic E-state index is 0.289. The van der Waals surface area contributed by atoms with Crippen molar-refractivity contribution in [2.45, 2.75) is 0 Å². The fourth-order valence-corrected chi connectivity index (χ4v) is 1.55. The molecule has 0 aliphatic heterocycles. The number of benzene rings is 1. The molecule has 0 unspecified atom stereocenters. The van der Waals surface area contributed by atoms with Crippen molar-refractivity contribution in [2.75, 3.05) is 10.7 Å². The number of anilines is 2. The van der Waals surface area contributed by atoms with Crippen LogP contribution in [0.5, 0.6) is 0 Å². The van der Waals surface area contributed by atoms with E-state index in [4.69, 9.17) is 10.5 Å². The van der Waals surface area contributed by atoms with E-state index in [-0.39, 0.29) is 11.6 Å². The van der Waals surface area contributed by atoms with Gasteiger partial charge in [0.25, 0.3) is 5.91 Å². The van der Waals surface area contributed by atoms with Gasteiger partial charge in [0.2, 0.25) is 5.71 Å². The number of hydrazone groups is 1. The second-order valence-corrected chi connectivity index (χ2v) is 4.05. The number of hydrogen-bond acceptors (Lipinski definition) is 6. The number of hydrogen-bond donors (Lipinski definition) is 2. The van der Waals surface area contributed by atoms with Crippen LogP contribution in [-0.4, -0.2) is 16.6 Å². The van der Waals surface area contributed by atoms with E-state index in [9.17, 15) is 4.79 Å². The smallest absolute Gasteiger partial charge is 0.274 e. The number of carbonyl (C=O) groups is 1. The van der Waals surface area contributed by atoms with Crippen LogP contribution in [0.15, 0.2) is 53.8 Å². The van der Waals surface area contributed by atoms with Gasteiger partial charge in [-0.1, -0.05) is 12.1 Å². The molecule has 1 aromatic carbocycles. The maximum Gasteiger partial charge on any atom is 0.274 e. The SMILES string of the molecule is N#CC(C#N)=NNc1cccc(NC(=O)c2ccccn2)c1. The Balaban J connectivity index is 2.10. The Bertz CT molecular complexity index is 770. The van der Waals surface area contributed by atoms with E-state index < -0.39 is 0 Å². The summed E-state index contributed by atoms with van der Waals surface area (Å²) in [5.41, 5.74) is 3.65. The molecule has 0 saturated carbocycles. The fraction of sp³-hybridized carbons (Fsp3) is 0. The highest BCUT2D eigenvalue weighted by molar-refractivity contribution is 6.10. The molecule has 2 N–H and O–H groups in total. The average Bonchev–Trinajstić information content (AvgIpc) is 2.57. The quantitative estimate of drug-likeness (QED) is 0.661. The zero-order valence-corrected chi connectivity index (χ0v) is 11.3. The molecular formula is C15H10N6O. The normalized spacial score (nSPS) is 9.00. The number of nitriles is 2. The van der Waals surface area contributed by atoms with Gasteiger partial charge in [-0.25, -0.2) is 0 Å². The van der Waals surface area contributed by atoms with Gasteiger partial charge in [-0.15, -0.1) is 0 Å². The Morgan fingerprint density at radius 1 is 1.09 bits per heavy atom. The number of carbonyl (C=O) groups excluding carboxylic acids is 1. The molecule has 0 aliphatic rings. The van der Waals surface area contributed by atoms with Crippen molar-refractivity contribution >= 4 is 23.0 Å². The minimum atomic E-state index is -0.337. The largest absolute Gasteiger partial charge is 0.321 e. The zero-order valence-electron chi connectivity index (χ0n) is 11.3. The molecule has 22 heavy (non-hydrogen) atoms. The summed E-state index contributed by atoms with van der Waals surface area (Å²) in [5, 5.41) is 23.5. The predicted octanol–water partition coefficient (Wildman–Crippen LogP) is 2.15. The van der Waals surface area contributed by atoms with Crippen molar-refractivity contribution < 1.29 is 4.79 Å². The summed E-state index contributed by atoms with van der Waals surface area (Å²) in [6.07, 6.45) is 1.53. The monoisotopic (exact) mass is 290 g/mol. The molecular weight excluding hydrogens is 280 g/mol. The van der Waals surface area contributed by atoms with Crippen LogP contribution in [0.2, 0.25) is 0 Å². The van der Waals surface area contributed by atoms with Gasteiger partial charge in [0.1, 0.15) is 17.8 Å². The fourth-order valence-electron chi connectivity index (χ4n) is 1.55. The number of aromatic nitrogens is 1. The van der Waals surface area contributed by atoms with Crippen LogP contribution in [0.4, 0.5) is 11.4 Å². The van der Waals surface area contributed by atoms with E-state index in [1.807, 2.05) is 0 Å². The number of nitrogens with one attached hydrogen (secondary N) is 2. The Morgan fingerprint density at radius 2 is 1.86 bits per heavy atom. The summed E-state index contributed by atoms with van der Waals surface area (Å²) in [5.74, 6) is -0.337. The molecule has 0 saturated heterocycles. The minimum Gasteiger partial charge on any atom is -0.321 e. The number of pyridine rings is 1. The molecule has 0 fully saturated rings. The van der Waals surface area contributed by atoms with Gasteiger partial charge in [-0.05, 0) is 30.3 Å². The van der Waals surface area contributed by atoms with Gasteiger partial charge >= 0.3 is 0 Å². The average molecular weight is 290 g/mol. The first-order valence-electron chi connectivity index (χ1n) is 6.19. The van der Waals surface area contributed by atoms with Crippen molar-refractivity contribution in [3.8, 4) is 12.1 Å². The highest BCUT2D eigenvalue weighted by atomic mass is 16.1. The molecule has 0 aliphatic carbocycles. The molecule has 0 spiro atoms. The van der Waals surface area contributed by atoms with Crippen LogP contribution >= 0.6 is 0 Å². The van der Waals surface area contributed by atoms with Crippen LogP contribution in [0, 0.1) is 22.7 Å². The van der Waals surface area contributed by atoms with E-state index in [0.717, 1.165) is 0 Å². The van der Waals surface area contributed by atoms with Crippen LogP contribution in [0.1, 0.15) is 10.5 Å². The van der Waals surface area contributed by atoms with Gasteiger partial charge in [0.05, 0.1) is 5.69 Å². The maximum absolute atomic E-state index is 12.0. The molecule has 2 aromatic rings. The second-order valence-electron chi connectivity index (χ2n) is 4.05. The molecule has 0 bridgehead atoms. The lowest BCUT2D eigenvalue weighted by Gasteiger charge is -2.06. The lowest BCUT2D eigenvalue weighted by Crippen LogP contribution is -2.13. The van der Waals surface area contributed by atoms with Crippen molar-refractivity contribution in [3.63, 3.8) is 0 Å². The summed E-state index contributed by atoms with van der Waals surface area (Å²) in [7, 11) is 0. The molecule has 7 nitrogen and oxygen atoms in total. The number of nitrogens with zero attached hydrogens (tertiary/aromatic N) is 4. The third kappa shape index (κ3) is 3.89. The highest BCUT2D eigenvalue weighted by Crippen LogP contribution is 2.15. The van der Waals surface area contributed by atoms with Gasteiger partial charge in [0, 0.05) is 11.9 Å². The van der Waals surface area contributed by atoms with Gasteiger partial charge in [-0.3, -0.25) is 15.2 Å². The third-order valence-corrected chi connectivity index (χ3v) is 2.53. The summed E-state index contributed by atoms with van der Waals surface area (Å²) >= 11 is 0. The molecule has 0 radical (unpaired) electrons. The molecule has 1 heterocycles. The maximum atomic E-state index is 12.0. The van der Waals surface area contributed by atoms with E-state index in [1.165, 1.54) is 6.20 Å². The zero-order chi connectivity index (χ0) is 15.8. The van der Waals surface area contributed by atoms with E-state index in [0.29, 0.717) is 17.1 Å². The Hall–Kier alpha value is -3.71. The Kier molecular flexibility index (Phi) is 4.79. The molecule has 1 amide bonds. The van der Waals surface area contributed by atoms with Crippen molar-refractivity contribution in [1.82, 2.24) is 4.98 Å². The predicted molar refractivity (Wildman–Crippen MR) is 80.9 cm³/mol. The first kappa shape index (κ1) is 14.7. The van der Waals surface area contributed by atoms with Gasteiger partial charge < -0.3 is 5.32 Å². The molecule has 0 atom stereocenters. The molecule has 106 valence electrons. The summed E-state index contributed by atoms with van der Waals surface area (Å²) < 4.78 is 0. The number of rotatable bonds is 4. The lowest BCUT2D eigenvalue weighted by atomic mass is 10.2. The van der Waals surface area contributed by atoms with E-state index in [1.54, 1.807) is 54.6 Å². The van der Waals surface area contributed by atoms with Crippen LogP contribution < -0.4 is 10.7 Å². The topological polar surface area (TPSA) is 114 Å². The molecule has 2 rings (SSSR count). The summed E-state index contributed by atoms with van der Waals surface area (Å²) in [6, 6.07) is 15.0. The Morgan fingerprint density at radius 3 is 2.55 bits per heavy atom. The van der Waals surface area contributed by atoms with E-state index in [2.05, 4.69) is 20.8 Å². The first-order chi connectivity index (χ1) is 10.7. The third-order valence-electron chi connectivity index (χ3n) is 2.53. The Labute approximate surface area is 126 Å². The highest BCUT2D eigenvalue weighted by Gasteiger charge is 2.06. The van der Waals surface area contributed by atoms with Crippen molar-refractivity contribution in [2.24, 2.45) is 5.10 Å². The number of amides is 1.